The van der Waals surface area contributed by atoms with Gasteiger partial charge in [-0.05, 0) is 49.2 Å². The average molecular weight is 340 g/mol. The third-order valence-corrected chi connectivity index (χ3v) is 4.31. The Kier molecular flexibility index (Phi) is 4.15. The maximum atomic E-state index is 13.0. The maximum absolute atomic E-state index is 13.0. The Balaban J connectivity index is 1.51. The number of hydrogen-bond donors (Lipinski definition) is 1. The highest BCUT2D eigenvalue weighted by atomic mass is 19.1. The summed E-state index contributed by atoms with van der Waals surface area (Å²) in [5.74, 6) is 1.34. The fraction of sp³-hybridized carbons (Fsp3) is 0.278. The Morgan fingerprint density at radius 3 is 2.44 bits per heavy atom. The number of anilines is 1. The number of nitrogens with zero attached hydrogens (tertiary/aromatic N) is 4. The van der Waals surface area contributed by atoms with Crippen LogP contribution in [0.2, 0.25) is 0 Å². The van der Waals surface area contributed by atoms with Crippen molar-refractivity contribution in [3.05, 3.63) is 48.4 Å². The van der Waals surface area contributed by atoms with Crippen LogP contribution in [-0.4, -0.2) is 39.4 Å². The molecule has 7 heteroatoms. The van der Waals surface area contributed by atoms with Gasteiger partial charge in [0.15, 0.2) is 0 Å². The van der Waals surface area contributed by atoms with Gasteiger partial charge in [0, 0.05) is 24.8 Å². The summed E-state index contributed by atoms with van der Waals surface area (Å²) in [7, 11) is 0. The normalized spacial score (nSPS) is 15.5. The van der Waals surface area contributed by atoms with E-state index < -0.39 is 0 Å². The van der Waals surface area contributed by atoms with Crippen LogP contribution in [-0.2, 0) is 0 Å². The van der Waals surface area contributed by atoms with Gasteiger partial charge in [-0.15, -0.1) is 0 Å². The van der Waals surface area contributed by atoms with Crippen molar-refractivity contribution in [2.24, 2.45) is 0 Å². The van der Waals surface area contributed by atoms with Crippen molar-refractivity contribution in [2.75, 3.05) is 18.0 Å². The van der Waals surface area contributed by atoms with E-state index in [1.165, 1.54) is 12.1 Å². The minimum absolute atomic E-state index is 0.209. The van der Waals surface area contributed by atoms with Crippen LogP contribution in [0.25, 0.3) is 22.8 Å². The first-order valence-electron chi connectivity index (χ1n) is 8.18. The zero-order valence-corrected chi connectivity index (χ0v) is 13.5. The smallest absolute Gasteiger partial charge is 0.259 e. The van der Waals surface area contributed by atoms with E-state index in [-0.39, 0.29) is 11.9 Å². The highest BCUT2D eigenvalue weighted by Gasteiger charge is 2.18. The molecule has 0 unspecified atom stereocenters. The number of halogens is 1. The molecule has 128 valence electrons. The van der Waals surface area contributed by atoms with E-state index in [1.54, 1.807) is 18.3 Å². The molecule has 1 aliphatic rings. The molecule has 1 fully saturated rings. The predicted molar refractivity (Wildman–Crippen MR) is 90.4 cm³/mol. The van der Waals surface area contributed by atoms with Crippen LogP contribution < -0.4 is 4.90 Å². The molecule has 1 aliphatic heterocycles. The lowest BCUT2D eigenvalue weighted by atomic mass is 10.1. The first kappa shape index (κ1) is 15.7. The van der Waals surface area contributed by atoms with Crippen molar-refractivity contribution in [2.45, 2.75) is 18.9 Å². The Morgan fingerprint density at radius 2 is 1.76 bits per heavy atom. The summed E-state index contributed by atoms with van der Waals surface area (Å²) in [5, 5.41) is 13.5. The quantitative estimate of drug-likeness (QED) is 0.790. The Bertz CT molecular complexity index is 840. The molecule has 3 heterocycles. The van der Waals surface area contributed by atoms with Gasteiger partial charge in [-0.25, -0.2) is 9.37 Å². The highest BCUT2D eigenvalue weighted by Crippen LogP contribution is 2.24. The summed E-state index contributed by atoms with van der Waals surface area (Å²) in [6.07, 6.45) is 3.00. The van der Waals surface area contributed by atoms with Gasteiger partial charge in [-0.3, -0.25) is 0 Å². The van der Waals surface area contributed by atoms with E-state index in [0.29, 0.717) is 17.3 Å². The zero-order valence-electron chi connectivity index (χ0n) is 13.5. The molecule has 0 amide bonds. The van der Waals surface area contributed by atoms with E-state index in [9.17, 15) is 9.50 Å². The van der Waals surface area contributed by atoms with Crippen molar-refractivity contribution < 1.29 is 14.0 Å². The monoisotopic (exact) mass is 340 g/mol. The van der Waals surface area contributed by atoms with Crippen LogP contribution in [0.5, 0.6) is 0 Å². The fourth-order valence-electron chi connectivity index (χ4n) is 2.85. The second kappa shape index (κ2) is 6.60. The van der Waals surface area contributed by atoms with E-state index in [2.05, 4.69) is 20.0 Å². The van der Waals surface area contributed by atoms with Crippen LogP contribution >= 0.6 is 0 Å². The number of benzene rings is 1. The van der Waals surface area contributed by atoms with Crippen molar-refractivity contribution in [3.63, 3.8) is 0 Å². The fourth-order valence-corrected chi connectivity index (χ4v) is 2.85. The van der Waals surface area contributed by atoms with Crippen LogP contribution in [0.3, 0.4) is 0 Å². The van der Waals surface area contributed by atoms with Crippen LogP contribution in [0.1, 0.15) is 12.8 Å². The lowest BCUT2D eigenvalue weighted by Gasteiger charge is -2.30. The molecule has 0 spiro atoms. The Labute approximate surface area is 143 Å². The Hall–Kier alpha value is -2.80. The largest absolute Gasteiger partial charge is 0.393 e. The summed E-state index contributed by atoms with van der Waals surface area (Å²) in [6, 6.07) is 9.73. The van der Waals surface area contributed by atoms with E-state index in [1.807, 2.05) is 12.1 Å². The van der Waals surface area contributed by atoms with Crippen LogP contribution in [0, 0.1) is 5.82 Å². The first-order chi connectivity index (χ1) is 12.2. The van der Waals surface area contributed by atoms with Crippen molar-refractivity contribution in [1.82, 2.24) is 15.1 Å². The SMILES string of the molecule is OC1CCN(c2ccc(-c3nc(-c4ccc(F)cc4)no3)cn2)CC1. The Morgan fingerprint density at radius 1 is 1.04 bits per heavy atom. The number of aliphatic hydroxyl groups is 1. The summed E-state index contributed by atoms with van der Waals surface area (Å²) >= 11 is 0. The molecule has 0 radical (unpaired) electrons. The van der Waals surface area contributed by atoms with Crippen molar-refractivity contribution in [3.8, 4) is 22.8 Å². The molecule has 1 saturated heterocycles. The molecule has 0 aliphatic carbocycles. The maximum Gasteiger partial charge on any atom is 0.259 e. The molecule has 6 nitrogen and oxygen atoms in total. The minimum atomic E-state index is -0.308. The molecule has 0 bridgehead atoms. The number of rotatable bonds is 3. The third kappa shape index (κ3) is 3.36. The molecule has 25 heavy (non-hydrogen) atoms. The van der Waals surface area contributed by atoms with Gasteiger partial charge in [-0.1, -0.05) is 5.16 Å². The molecule has 2 aromatic heterocycles. The van der Waals surface area contributed by atoms with E-state index >= 15 is 0 Å². The minimum Gasteiger partial charge on any atom is -0.393 e. The summed E-state index contributed by atoms with van der Waals surface area (Å²) in [6.45, 7) is 1.59. The zero-order chi connectivity index (χ0) is 17.2. The average Bonchev–Trinajstić information content (AvgIpc) is 3.13. The molecule has 4 rings (SSSR count). The van der Waals surface area contributed by atoms with Crippen molar-refractivity contribution in [1.29, 1.82) is 0 Å². The topological polar surface area (TPSA) is 75.3 Å². The van der Waals surface area contributed by atoms with Gasteiger partial charge in [0.2, 0.25) is 5.82 Å². The summed E-state index contributed by atoms with van der Waals surface area (Å²) in [5.41, 5.74) is 1.41. The molecule has 0 saturated carbocycles. The molecule has 1 aromatic carbocycles. The number of piperidine rings is 1. The highest BCUT2D eigenvalue weighted by molar-refractivity contribution is 5.60. The van der Waals surface area contributed by atoms with E-state index in [4.69, 9.17) is 4.52 Å². The second-order valence-corrected chi connectivity index (χ2v) is 6.05. The molecular weight excluding hydrogens is 323 g/mol. The van der Waals surface area contributed by atoms with Crippen molar-refractivity contribution >= 4 is 5.82 Å². The second-order valence-electron chi connectivity index (χ2n) is 6.05. The molecular formula is C18H17FN4O2. The lowest BCUT2D eigenvalue weighted by molar-refractivity contribution is 0.145. The number of aromatic nitrogens is 3. The number of aliphatic hydroxyl groups excluding tert-OH is 1. The molecule has 0 atom stereocenters. The first-order valence-corrected chi connectivity index (χ1v) is 8.18. The van der Waals surface area contributed by atoms with Crippen LogP contribution in [0.4, 0.5) is 10.2 Å². The number of hydrogen-bond acceptors (Lipinski definition) is 6. The van der Waals surface area contributed by atoms with Gasteiger partial charge >= 0.3 is 0 Å². The third-order valence-electron chi connectivity index (χ3n) is 4.31. The van der Waals surface area contributed by atoms with Crippen LogP contribution in [0.15, 0.2) is 47.1 Å². The molecule has 3 aromatic rings. The molecule has 1 N–H and O–H groups in total. The number of pyridine rings is 1. The van der Waals surface area contributed by atoms with Gasteiger partial charge in [0.25, 0.3) is 5.89 Å². The van der Waals surface area contributed by atoms with Gasteiger partial charge in [0.1, 0.15) is 11.6 Å². The standard InChI is InChI=1S/C18H17FN4O2/c19-14-4-1-12(2-5-14)17-21-18(25-22-17)13-3-6-16(20-11-13)23-9-7-15(24)8-10-23/h1-6,11,15,24H,7-10H2. The summed E-state index contributed by atoms with van der Waals surface area (Å²) < 4.78 is 18.3. The summed E-state index contributed by atoms with van der Waals surface area (Å²) in [4.78, 5) is 11.0. The van der Waals surface area contributed by atoms with Gasteiger partial charge < -0.3 is 14.5 Å². The van der Waals surface area contributed by atoms with E-state index in [0.717, 1.165) is 37.3 Å². The predicted octanol–water partition coefficient (Wildman–Crippen LogP) is 2.90. The lowest BCUT2D eigenvalue weighted by Crippen LogP contribution is -2.36. The van der Waals surface area contributed by atoms with Gasteiger partial charge in [-0.2, -0.15) is 4.98 Å². The van der Waals surface area contributed by atoms with Gasteiger partial charge in [0.05, 0.1) is 11.7 Å².